The smallest absolute Gasteiger partial charge is 0.209 e. The van der Waals surface area contributed by atoms with Crippen molar-refractivity contribution < 1.29 is 17.6 Å². The molecular weight excluding hydrogens is 284 g/mol. The van der Waals surface area contributed by atoms with E-state index in [2.05, 4.69) is 5.11 Å². The Balaban J connectivity index is 2.15. The van der Waals surface area contributed by atoms with Gasteiger partial charge in [-0.3, -0.25) is 0 Å². The van der Waals surface area contributed by atoms with Crippen molar-refractivity contribution in [2.45, 2.75) is 18.6 Å². The molecule has 2 aromatic carbocycles. The van der Waals surface area contributed by atoms with Crippen molar-refractivity contribution in [3.05, 3.63) is 71.0 Å². The van der Waals surface area contributed by atoms with E-state index in [0.29, 0.717) is 11.1 Å². The number of alkyl halides is 3. The molecule has 0 radical (unpaired) electrons. The molecular formula is C15H12F4N2. The van der Waals surface area contributed by atoms with Gasteiger partial charge in [-0.05, 0) is 35.4 Å². The fourth-order valence-corrected chi connectivity index (χ4v) is 1.98. The van der Waals surface area contributed by atoms with E-state index < -0.39 is 23.6 Å². The fourth-order valence-electron chi connectivity index (χ4n) is 1.98. The zero-order chi connectivity index (χ0) is 15.5. The summed E-state index contributed by atoms with van der Waals surface area (Å²) < 4.78 is 50.3. The Morgan fingerprint density at radius 2 is 1.52 bits per heavy atom. The van der Waals surface area contributed by atoms with Gasteiger partial charge in [0, 0.05) is 6.42 Å². The highest BCUT2D eigenvalue weighted by Gasteiger charge is 2.30. The number of halogens is 4. The zero-order valence-corrected chi connectivity index (χ0v) is 10.9. The first kappa shape index (κ1) is 15.2. The topological polar surface area (TPSA) is 36.2 Å². The van der Waals surface area contributed by atoms with E-state index in [0.717, 1.165) is 12.1 Å². The molecule has 0 fully saturated rings. The summed E-state index contributed by atoms with van der Waals surface area (Å²) in [5.74, 6) is -0.392. The van der Waals surface area contributed by atoms with Gasteiger partial charge in [0.1, 0.15) is 5.82 Å². The summed E-state index contributed by atoms with van der Waals surface area (Å²) in [6.07, 6.45) is -4.08. The van der Waals surface area contributed by atoms with Gasteiger partial charge in [-0.2, -0.15) is 18.3 Å². The molecule has 0 aromatic heterocycles. The van der Waals surface area contributed by atoms with Gasteiger partial charge in [0.05, 0.1) is 11.6 Å². The molecule has 110 valence electrons. The molecule has 0 spiro atoms. The van der Waals surface area contributed by atoms with Crippen LogP contribution >= 0.6 is 0 Å². The average molecular weight is 296 g/mol. The van der Waals surface area contributed by atoms with E-state index in [1.54, 1.807) is 0 Å². The van der Waals surface area contributed by atoms with Crippen LogP contribution in [0.5, 0.6) is 0 Å². The van der Waals surface area contributed by atoms with Crippen LogP contribution < -0.4 is 0 Å². The molecule has 1 unspecified atom stereocenters. The van der Waals surface area contributed by atoms with Gasteiger partial charge in [0.2, 0.25) is 0 Å². The lowest BCUT2D eigenvalue weighted by atomic mass is 9.99. The Morgan fingerprint density at radius 1 is 0.952 bits per heavy atom. The van der Waals surface area contributed by atoms with Crippen molar-refractivity contribution in [2.75, 3.05) is 0 Å². The molecule has 2 nitrogen and oxygen atoms in total. The van der Waals surface area contributed by atoms with Crippen LogP contribution in [0.2, 0.25) is 0 Å². The van der Waals surface area contributed by atoms with Crippen LogP contribution in [-0.4, -0.2) is 0 Å². The maximum Gasteiger partial charge on any atom is 0.416 e. The first-order chi connectivity index (χ1) is 9.90. The molecule has 0 aliphatic rings. The van der Waals surface area contributed by atoms with Crippen LogP contribution in [0.4, 0.5) is 17.6 Å². The minimum Gasteiger partial charge on any atom is -0.209 e. The predicted octanol–water partition coefficient (Wildman–Crippen LogP) is 5.16. The molecule has 0 bridgehead atoms. The SMILES string of the molecule is N=NC(Cc1ccc(C(F)(F)F)cc1)c1ccc(F)cc1. The molecule has 2 aromatic rings. The van der Waals surface area contributed by atoms with Gasteiger partial charge in [-0.25, -0.2) is 9.92 Å². The van der Waals surface area contributed by atoms with Crippen molar-refractivity contribution >= 4 is 0 Å². The van der Waals surface area contributed by atoms with E-state index >= 15 is 0 Å². The zero-order valence-electron chi connectivity index (χ0n) is 10.9. The van der Waals surface area contributed by atoms with Crippen LogP contribution in [0.25, 0.3) is 0 Å². The highest BCUT2D eigenvalue weighted by atomic mass is 19.4. The Hall–Kier alpha value is -2.24. The van der Waals surface area contributed by atoms with Gasteiger partial charge in [0.15, 0.2) is 0 Å². The van der Waals surface area contributed by atoms with Crippen LogP contribution in [0.3, 0.4) is 0 Å². The lowest BCUT2D eigenvalue weighted by Gasteiger charge is -2.12. The van der Waals surface area contributed by atoms with Crippen LogP contribution in [0.15, 0.2) is 53.6 Å². The second-order valence-corrected chi connectivity index (χ2v) is 4.60. The van der Waals surface area contributed by atoms with Crippen molar-refractivity contribution in [1.82, 2.24) is 0 Å². The highest BCUT2D eigenvalue weighted by Crippen LogP contribution is 2.30. The van der Waals surface area contributed by atoms with Crippen LogP contribution in [-0.2, 0) is 12.6 Å². The first-order valence-electron chi connectivity index (χ1n) is 6.18. The first-order valence-corrected chi connectivity index (χ1v) is 6.18. The van der Waals surface area contributed by atoms with Crippen molar-refractivity contribution in [1.29, 1.82) is 5.53 Å². The lowest BCUT2D eigenvalue weighted by molar-refractivity contribution is -0.137. The van der Waals surface area contributed by atoms with Gasteiger partial charge < -0.3 is 0 Å². The fraction of sp³-hybridized carbons (Fsp3) is 0.200. The molecule has 1 atom stereocenters. The molecule has 6 heteroatoms. The molecule has 1 N–H and O–H groups in total. The predicted molar refractivity (Wildman–Crippen MR) is 69.4 cm³/mol. The Bertz CT molecular complexity index is 603. The summed E-state index contributed by atoms with van der Waals surface area (Å²) >= 11 is 0. The average Bonchev–Trinajstić information content (AvgIpc) is 2.45. The minimum atomic E-state index is -4.37. The molecule has 2 rings (SSSR count). The summed E-state index contributed by atoms with van der Waals surface area (Å²) in [6, 6.07) is 9.75. The quantitative estimate of drug-likeness (QED) is 0.597. The normalized spacial score (nSPS) is 13.0. The third-order valence-electron chi connectivity index (χ3n) is 3.12. The summed E-state index contributed by atoms with van der Waals surface area (Å²) in [6.45, 7) is 0. The number of nitrogens with zero attached hydrogens (tertiary/aromatic N) is 1. The lowest BCUT2D eigenvalue weighted by Crippen LogP contribution is -2.05. The number of nitrogens with one attached hydrogen (secondary N) is 1. The van der Waals surface area contributed by atoms with Gasteiger partial charge in [0.25, 0.3) is 0 Å². The van der Waals surface area contributed by atoms with Crippen molar-refractivity contribution in [3.63, 3.8) is 0 Å². The number of benzene rings is 2. The summed E-state index contributed by atoms with van der Waals surface area (Å²) in [5.41, 5.74) is 7.76. The molecule has 0 saturated carbocycles. The third kappa shape index (κ3) is 3.87. The van der Waals surface area contributed by atoms with Crippen LogP contribution in [0, 0.1) is 11.3 Å². The number of rotatable bonds is 4. The Morgan fingerprint density at radius 3 is 2.00 bits per heavy atom. The van der Waals surface area contributed by atoms with E-state index in [4.69, 9.17) is 5.53 Å². The van der Waals surface area contributed by atoms with Crippen molar-refractivity contribution in [2.24, 2.45) is 5.11 Å². The van der Waals surface area contributed by atoms with Gasteiger partial charge >= 0.3 is 6.18 Å². The van der Waals surface area contributed by atoms with Crippen LogP contribution in [0.1, 0.15) is 22.7 Å². The summed E-state index contributed by atoms with van der Waals surface area (Å²) in [5, 5.41) is 3.46. The van der Waals surface area contributed by atoms with Crippen molar-refractivity contribution in [3.8, 4) is 0 Å². The van der Waals surface area contributed by atoms with E-state index in [9.17, 15) is 17.6 Å². The Kier molecular flexibility index (Phi) is 4.35. The molecule has 0 aliphatic carbocycles. The molecule has 0 amide bonds. The monoisotopic (exact) mass is 296 g/mol. The highest BCUT2D eigenvalue weighted by molar-refractivity contribution is 5.28. The summed E-state index contributed by atoms with van der Waals surface area (Å²) in [4.78, 5) is 0. The molecule has 0 saturated heterocycles. The second kappa shape index (κ2) is 6.03. The third-order valence-corrected chi connectivity index (χ3v) is 3.12. The molecule has 0 heterocycles. The standard InChI is InChI=1S/C15H12F4N2/c16-13-7-3-11(4-8-13)14(21-20)9-10-1-5-12(6-2-10)15(17,18)19/h1-8,14,20H,9H2. The minimum absolute atomic E-state index is 0.285. The Labute approximate surface area is 118 Å². The largest absolute Gasteiger partial charge is 0.416 e. The van der Waals surface area contributed by atoms with Gasteiger partial charge in [-0.1, -0.05) is 24.3 Å². The number of hydrogen-bond donors (Lipinski definition) is 1. The molecule has 21 heavy (non-hydrogen) atoms. The second-order valence-electron chi connectivity index (χ2n) is 4.60. The van der Waals surface area contributed by atoms with E-state index in [1.807, 2.05) is 0 Å². The number of hydrogen-bond acceptors (Lipinski definition) is 2. The maximum atomic E-state index is 12.9. The van der Waals surface area contributed by atoms with E-state index in [1.165, 1.54) is 36.4 Å². The summed E-state index contributed by atoms with van der Waals surface area (Å²) in [7, 11) is 0. The van der Waals surface area contributed by atoms with Gasteiger partial charge in [-0.15, -0.1) is 0 Å². The maximum absolute atomic E-state index is 12.9. The molecule has 0 aliphatic heterocycles. The van der Waals surface area contributed by atoms with E-state index in [-0.39, 0.29) is 6.42 Å².